The van der Waals surface area contributed by atoms with E-state index in [-0.39, 0.29) is 21.7 Å². The van der Waals surface area contributed by atoms with Gasteiger partial charge in [-0.15, -0.1) is 22.0 Å². The molecule has 1 saturated heterocycles. The van der Waals surface area contributed by atoms with Crippen molar-refractivity contribution in [2.24, 2.45) is 0 Å². The van der Waals surface area contributed by atoms with E-state index in [4.69, 9.17) is 0 Å². The third kappa shape index (κ3) is 6.11. The lowest BCUT2D eigenvalue weighted by Gasteiger charge is -2.27. The first-order chi connectivity index (χ1) is 14.8. The molecule has 1 amide bonds. The van der Waals surface area contributed by atoms with Crippen molar-refractivity contribution in [2.75, 3.05) is 36.9 Å². The van der Waals surface area contributed by atoms with Crippen molar-refractivity contribution >= 4 is 61.9 Å². The molecule has 3 rings (SSSR count). The summed E-state index contributed by atoms with van der Waals surface area (Å²) in [6.07, 6.45) is 4.85. The summed E-state index contributed by atoms with van der Waals surface area (Å²) in [6, 6.07) is 4.53. The van der Waals surface area contributed by atoms with Crippen molar-refractivity contribution in [3.63, 3.8) is 0 Å². The number of hydrogen-bond donors (Lipinski definition) is 1. The molecule has 1 N–H and O–H groups in total. The van der Waals surface area contributed by atoms with Gasteiger partial charge in [0.2, 0.25) is 5.13 Å². The Kier molecular flexibility index (Phi) is 8.19. The molecule has 0 bridgehead atoms. The standard InChI is InChI=1S/C18H22N4O5S4/c1-27-15(23)11-29-18-20-19-17(30-18)21-31(25,26)12-6-7-14(28-2)13(10-12)16(24)22-8-4-3-5-9-22/h6-7,10H,3-5,8-9,11H2,1-2H3,(H,19,21). The van der Waals surface area contributed by atoms with E-state index in [1.165, 1.54) is 31.0 Å². The number of hydrogen-bond acceptors (Lipinski definition) is 10. The zero-order valence-electron chi connectivity index (χ0n) is 17.0. The summed E-state index contributed by atoms with van der Waals surface area (Å²) in [6.45, 7) is 1.36. The Hall–Kier alpha value is -1.83. The van der Waals surface area contributed by atoms with Gasteiger partial charge < -0.3 is 9.64 Å². The number of nitrogens with zero attached hydrogens (tertiary/aromatic N) is 3. The molecule has 1 aromatic heterocycles. The number of esters is 1. The van der Waals surface area contributed by atoms with Crippen LogP contribution in [0.3, 0.4) is 0 Å². The van der Waals surface area contributed by atoms with Crippen molar-refractivity contribution in [1.29, 1.82) is 0 Å². The third-order valence-electron chi connectivity index (χ3n) is 4.52. The predicted octanol–water partition coefficient (Wildman–Crippen LogP) is 2.95. The van der Waals surface area contributed by atoms with Crippen molar-refractivity contribution in [3.05, 3.63) is 23.8 Å². The number of likely N-dealkylation sites (tertiary alicyclic amines) is 1. The Bertz CT molecular complexity index is 1050. The second-order valence-electron chi connectivity index (χ2n) is 6.56. The van der Waals surface area contributed by atoms with E-state index in [0.29, 0.717) is 23.0 Å². The fraction of sp³-hybridized carbons (Fsp3) is 0.444. The Balaban J connectivity index is 1.78. The number of sulfonamides is 1. The van der Waals surface area contributed by atoms with Gasteiger partial charge in [-0.05, 0) is 43.7 Å². The van der Waals surface area contributed by atoms with Crippen LogP contribution < -0.4 is 4.72 Å². The fourth-order valence-corrected chi connectivity index (χ4v) is 6.36. The molecule has 0 spiro atoms. The smallest absolute Gasteiger partial charge is 0.316 e. The first-order valence-electron chi connectivity index (χ1n) is 9.37. The zero-order chi connectivity index (χ0) is 22.4. The minimum atomic E-state index is -3.97. The van der Waals surface area contributed by atoms with Crippen molar-refractivity contribution in [3.8, 4) is 0 Å². The molecule has 0 radical (unpaired) electrons. The normalized spacial score (nSPS) is 14.3. The van der Waals surface area contributed by atoms with E-state index in [0.717, 1.165) is 47.3 Å². The average Bonchev–Trinajstić information content (AvgIpc) is 3.23. The molecule has 0 aliphatic carbocycles. The molecule has 1 aliphatic heterocycles. The van der Waals surface area contributed by atoms with Crippen molar-refractivity contribution in [1.82, 2.24) is 15.1 Å². The van der Waals surface area contributed by atoms with Crippen LogP contribution in [0.4, 0.5) is 5.13 Å². The van der Waals surface area contributed by atoms with Gasteiger partial charge in [-0.25, -0.2) is 8.42 Å². The first-order valence-corrected chi connectivity index (χ1v) is 13.9. The lowest BCUT2D eigenvalue weighted by molar-refractivity contribution is -0.137. The number of nitrogens with one attached hydrogen (secondary N) is 1. The zero-order valence-corrected chi connectivity index (χ0v) is 20.3. The molecule has 1 aromatic carbocycles. The minimum absolute atomic E-state index is 0.0235. The highest BCUT2D eigenvalue weighted by Gasteiger charge is 2.24. The van der Waals surface area contributed by atoms with Gasteiger partial charge in [-0.3, -0.25) is 14.3 Å². The van der Waals surface area contributed by atoms with Gasteiger partial charge in [-0.2, -0.15) is 0 Å². The van der Waals surface area contributed by atoms with E-state index < -0.39 is 16.0 Å². The molecular weight excluding hydrogens is 480 g/mol. The molecule has 1 fully saturated rings. The van der Waals surface area contributed by atoms with Crippen LogP contribution in [-0.4, -0.2) is 67.6 Å². The maximum absolute atomic E-state index is 13.0. The van der Waals surface area contributed by atoms with Crippen LogP contribution in [-0.2, 0) is 19.6 Å². The van der Waals surface area contributed by atoms with E-state index in [9.17, 15) is 18.0 Å². The van der Waals surface area contributed by atoms with E-state index >= 15 is 0 Å². The molecule has 168 valence electrons. The highest BCUT2D eigenvalue weighted by Crippen LogP contribution is 2.29. The topological polar surface area (TPSA) is 119 Å². The van der Waals surface area contributed by atoms with Crippen LogP contribution in [0.5, 0.6) is 0 Å². The molecule has 0 saturated carbocycles. The van der Waals surface area contributed by atoms with Gasteiger partial charge >= 0.3 is 5.97 Å². The summed E-state index contributed by atoms with van der Waals surface area (Å²) in [7, 11) is -2.68. The second-order valence-corrected chi connectivity index (χ2v) is 11.3. The highest BCUT2D eigenvalue weighted by atomic mass is 32.2. The van der Waals surface area contributed by atoms with Gasteiger partial charge in [-0.1, -0.05) is 23.1 Å². The number of carbonyl (C=O) groups is 2. The van der Waals surface area contributed by atoms with E-state index in [1.807, 2.05) is 6.26 Å². The number of anilines is 1. The van der Waals surface area contributed by atoms with E-state index in [2.05, 4.69) is 19.7 Å². The Morgan fingerprint density at radius 1 is 1.23 bits per heavy atom. The SMILES string of the molecule is COC(=O)CSc1nnc(NS(=O)(=O)c2ccc(SC)c(C(=O)N3CCCCC3)c2)s1. The number of rotatable bonds is 8. The number of carbonyl (C=O) groups excluding carboxylic acids is 2. The molecule has 9 nitrogen and oxygen atoms in total. The van der Waals surface area contributed by atoms with Gasteiger partial charge in [0.25, 0.3) is 15.9 Å². The number of aromatic nitrogens is 2. The molecule has 31 heavy (non-hydrogen) atoms. The molecule has 2 aromatic rings. The van der Waals surface area contributed by atoms with Crippen molar-refractivity contribution < 1.29 is 22.7 Å². The largest absolute Gasteiger partial charge is 0.468 e. The van der Waals surface area contributed by atoms with Gasteiger partial charge in [0.1, 0.15) is 0 Å². The summed E-state index contributed by atoms with van der Waals surface area (Å²) >= 11 is 3.52. The van der Waals surface area contributed by atoms with Gasteiger partial charge in [0, 0.05) is 18.0 Å². The first kappa shape index (κ1) is 23.8. The quantitative estimate of drug-likeness (QED) is 0.429. The summed E-state index contributed by atoms with van der Waals surface area (Å²) in [5, 5.41) is 7.76. The number of amides is 1. The lowest BCUT2D eigenvalue weighted by Crippen LogP contribution is -2.36. The summed E-state index contributed by atoms with van der Waals surface area (Å²) in [4.78, 5) is 26.7. The summed E-state index contributed by atoms with van der Waals surface area (Å²) < 4.78 is 33.2. The van der Waals surface area contributed by atoms with Crippen LogP contribution in [0.15, 0.2) is 32.3 Å². The lowest BCUT2D eigenvalue weighted by atomic mass is 10.1. The second kappa shape index (κ2) is 10.7. The molecule has 2 heterocycles. The maximum Gasteiger partial charge on any atom is 0.316 e. The van der Waals surface area contributed by atoms with Crippen LogP contribution in [0.2, 0.25) is 0 Å². The third-order valence-corrected chi connectivity index (χ3v) is 8.73. The van der Waals surface area contributed by atoms with Gasteiger partial charge in [0.15, 0.2) is 4.34 Å². The number of thioether (sulfide) groups is 2. The number of methoxy groups -OCH3 is 1. The minimum Gasteiger partial charge on any atom is -0.468 e. The Morgan fingerprint density at radius 2 is 1.97 bits per heavy atom. The highest BCUT2D eigenvalue weighted by molar-refractivity contribution is 8.01. The monoisotopic (exact) mass is 502 g/mol. The molecule has 0 unspecified atom stereocenters. The summed E-state index contributed by atoms with van der Waals surface area (Å²) in [5.74, 6) is -0.517. The van der Waals surface area contributed by atoms with Crippen LogP contribution >= 0.6 is 34.9 Å². The Morgan fingerprint density at radius 3 is 2.65 bits per heavy atom. The molecular formula is C18H22N4O5S4. The van der Waals surface area contributed by atoms with Crippen LogP contribution in [0.1, 0.15) is 29.6 Å². The number of benzene rings is 1. The predicted molar refractivity (Wildman–Crippen MR) is 121 cm³/mol. The van der Waals surface area contributed by atoms with Crippen LogP contribution in [0.25, 0.3) is 0 Å². The Labute approximate surface area is 193 Å². The number of ether oxygens (including phenoxy) is 1. The summed E-state index contributed by atoms with van der Waals surface area (Å²) in [5.41, 5.74) is 0.379. The maximum atomic E-state index is 13.0. The molecule has 0 atom stereocenters. The fourth-order valence-electron chi connectivity index (χ4n) is 2.95. The van der Waals surface area contributed by atoms with Gasteiger partial charge in [0.05, 0.1) is 23.3 Å². The van der Waals surface area contributed by atoms with Crippen molar-refractivity contribution in [2.45, 2.75) is 33.4 Å². The molecule has 13 heteroatoms. The molecule has 1 aliphatic rings. The van der Waals surface area contributed by atoms with E-state index in [1.54, 1.807) is 11.0 Å². The number of piperidine rings is 1. The van der Waals surface area contributed by atoms with Crippen LogP contribution in [0, 0.1) is 0 Å². The average molecular weight is 503 g/mol.